The van der Waals surface area contributed by atoms with E-state index < -0.39 is 6.04 Å². The van der Waals surface area contributed by atoms with E-state index in [-0.39, 0.29) is 11.8 Å². The molecule has 0 aliphatic heterocycles. The van der Waals surface area contributed by atoms with Crippen molar-refractivity contribution in [3.05, 3.63) is 106 Å². The molecule has 0 saturated carbocycles. The number of ether oxygens (including phenoxy) is 2. The van der Waals surface area contributed by atoms with Crippen LogP contribution in [0, 0.1) is 12.7 Å². The summed E-state index contributed by atoms with van der Waals surface area (Å²) in [4.78, 5) is 18.5. The minimum atomic E-state index is -0.511. The molecule has 0 unspecified atom stereocenters. The van der Waals surface area contributed by atoms with E-state index in [0.29, 0.717) is 26.2 Å². The van der Waals surface area contributed by atoms with Gasteiger partial charge in [-0.05, 0) is 55.7 Å². The van der Waals surface area contributed by atoms with Gasteiger partial charge in [-0.15, -0.1) is 11.3 Å². The van der Waals surface area contributed by atoms with Gasteiger partial charge < -0.3 is 14.8 Å². The largest absolute Gasteiger partial charge is 0.493 e. The van der Waals surface area contributed by atoms with Gasteiger partial charge in [0.05, 0.1) is 18.9 Å². The van der Waals surface area contributed by atoms with Crippen LogP contribution in [-0.2, 0) is 28.9 Å². The van der Waals surface area contributed by atoms with Crippen LogP contribution in [0.3, 0.4) is 0 Å². The van der Waals surface area contributed by atoms with Gasteiger partial charge in [0.15, 0.2) is 0 Å². The molecule has 4 rings (SSSR count). The van der Waals surface area contributed by atoms with Crippen molar-refractivity contribution in [2.45, 2.75) is 39.3 Å². The Morgan fingerprint density at radius 1 is 1.00 bits per heavy atom. The quantitative estimate of drug-likeness (QED) is 0.228. The molecule has 37 heavy (non-hydrogen) atoms. The summed E-state index contributed by atoms with van der Waals surface area (Å²) in [6.45, 7) is 5.16. The standard InChI is InChI=1S/C30H31FN2O3S/c1-3-35-30(34)28(32-20-23-9-13-25(31)14-10-23)19-22-11-15-26(16-12-22)36-18-17-27-21(2)37-29(33-27)24-7-5-4-6-8-24/h4-16,28,32H,3,17-20H2,1-2H3/t28-/m0/s1. The van der Waals surface area contributed by atoms with Crippen LogP contribution in [0.5, 0.6) is 5.75 Å². The van der Waals surface area contributed by atoms with E-state index in [1.54, 1.807) is 30.4 Å². The Morgan fingerprint density at radius 3 is 2.41 bits per heavy atom. The number of hydrogen-bond acceptors (Lipinski definition) is 6. The first-order valence-electron chi connectivity index (χ1n) is 12.4. The van der Waals surface area contributed by atoms with Gasteiger partial charge in [-0.1, -0.05) is 54.6 Å². The molecule has 1 atom stereocenters. The van der Waals surface area contributed by atoms with E-state index in [0.717, 1.165) is 39.6 Å². The molecule has 0 fully saturated rings. The maximum Gasteiger partial charge on any atom is 0.323 e. The zero-order valence-electron chi connectivity index (χ0n) is 21.1. The number of esters is 1. The maximum atomic E-state index is 13.2. The number of benzene rings is 3. The molecule has 0 radical (unpaired) electrons. The van der Waals surface area contributed by atoms with Gasteiger partial charge in [-0.25, -0.2) is 9.37 Å². The van der Waals surface area contributed by atoms with Gasteiger partial charge in [-0.2, -0.15) is 0 Å². The van der Waals surface area contributed by atoms with Crippen molar-refractivity contribution in [3.63, 3.8) is 0 Å². The highest BCUT2D eigenvalue weighted by molar-refractivity contribution is 7.15. The maximum absolute atomic E-state index is 13.2. The highest BCUT2D eigenvalue weighted by atomic mass is 32.1. The van der Waals surface area contributed by atoms with E-state index >= 15 is 0 Å². The third-order valence-electron chi connectivity index (χ3n) is 5.92. The lowest BCUT2D eigenvalue weighted by Gasteiger charge is -2.18. The molecule has 0 aliphatic carbocycles. The fourth-order valence-corrected chi connectivity index (χ4v) is 4.88. The van der Waals surface area contributed by atoms with Crippen LogP contribution in [0.15, 0.2) is 78.9 Å². The van der Waals surface area contributed by atoms with Crippen molar-refractivity contribution in [1.82, 2.24) is 10.3 Å². The average Bonchev–Trinajstić information content (AvgIpc) is 3.29. The fourth-order valence-electron chi connectivity index (χ4n) is 3.91. The number of thiazole rings is 1. The number of carbonyl (C=O) groups is 1. The molecule has 192 valence electrons. The van der Waals surface area contributed by atoms with Gasteiger partial charge >= 0.3 is 5.97 Å². The minimum absolute atomic E-state index is 0.286. The van der Waals surface area contributed by atoms with E-state index in [2.05, 4.69) is 24.4 Å². The molecule has 0 spiro atoms. The summed E-state index contributed by atoms with van der Waals surface area (Å²) in [6.07, 6.45) is 1.20. The molecule has 3 aromatic carbocycles. The number of nitrogens with zero attached hydrogens (tertiary/aromatic N) is 1. The van der Waals surface area contributed by atoms with Crippen molar-refractivity contribution < 1.29 is 18.7 Å². The second-order valence-corrected chi connectivity index (χ2v) is 9.85. The van der Waals surface area contributed by atoms with Crippen molar-refractivity contribution in [2.24, 2.45) is 0 Å². The Balaban J connectivity index is 1.30. The van der Waals surface area contributed by atoms with Gasteiger partial charge in [0.2, 0.25) is 0 Å². The Labute approximate surface area is 221 Å². The molecule has 1 aromatic heterocycles. The summed E-state index contributed by atoms with van der Waals surface area (Å²) >= 11 is 1.70. The third-order valence-corrected chi connectivity index (χ3v) is 6.98. The van der Waals surface area contributed by atoms with Crippen LogP contribution in [0.25, 0.3) is 10.6 Å². The molecule has 0 saturated heterocycles. The van der Waals surface area contributed by atoms with E-state index in [1.807, 2.05) is 42.5 Å². The molecule has 0 aliphatic rings. The number of hydrogen-bond donors (Lipinski definition) is 1. The second kappa shape index (κ2) is 13.1. The zero-order chi connectivity index (χ0) is 26.0. The topological polar surface area (TPSA) is 60.5 Å². The van der Waals surface area contributed by atoms with Gasteiger partial charge in [0.1, 0.15) is 22.6 Å². The fraction of sp³-hybridized carbons (Fsp3) is 0.267. The molecule has 5 nitrogen and oxygen atoms in total. The number of rotatable bonds is 12. The normalized spacial score (nSPS) is 11.8. The van der Waals surface area contributed by atoms with Gasteiger partial charge in [0.25, 0.3) is 0 Å². The Morgan fingerprint density at radius 2 is 1.70 bits per heavy atom. The number of halogens is 1. The van der Waals surface area contributed by atoms with Crippen molar-refractivity contribution in [1.29, 1.82) is 0 Å². The molecule has 4 aromatic rings. The minimum Gasteiger partial charge on any atom is -0.493 e. The summed E-state index contributed by atoms with van der Waals surface area (Å²) in [5, 5.41) is 4.27. The smallest absolute Gasteiger partial charge is 0.323 e. The highest BCUT2D eigenvalue weighted by Crippen LogP contribution is 2.27. The first-order chi connectivity index (χ1) is 18.0. The SMILES string of the molecule is CCOC(=O)[C@H](Cc1ccc(OCCc2nc(-c3ccccc3)sc2C)cc1)NCc1ccc(F)cc1. The summed E-state index contributed by atoms with van der Waals surface area (Å²) < 4.78 is 24.4. The third kappa shape index (κ3) is 7.71. The Bertz CT molecular complexity index is 1270. The first-order valence-corrected chi connectivity index (χ1v) is 13.2. The van der Waals surface area contributed by atoms with Crippen LogP contribution in [0.4, 0.5) is 4.39 Å². The monoisotopic (exact) mass is 518 g/mol. The number of carbonyl (C=O) groups excluding carboxylic acids is 1. The molecular weight excluding hydrogens is 487 g/mol. The first kappa shape index (κ1) is 26.5. The second-order valence-electron chi connectivity index (χ2n) is 8.65. The molecule has 7 heteroatoms. The molecule has 0 bridgehead atoms. The van der Waals surface area contributed by atoms with E-state index in [9.17, 15) is 9.18 Å². The molecule has 1 N–H and O–H groups in total. The summed E-state index contributed by atoms with van der Waals surface area (Å²) in [6, 6.07) is 23.7. The predicted octanol–water partition coefficient (Wildman–Crippen LogP) is 6.14. The van der Waals surface area contributed by atoms with E-state index in [1.165, 1.54) is 17.0 Å². The lowest BCUT2D eigenvalue weighted by Crippen LogP contribution is -2.39. The van der Waals surface area contributed by atoms with Crippen LogP contribution in [0.2, 0.25) is 0 Å². The predicted molar refractivity (Wildman–Crippen MR) is 145 cm³/mol. The average molecular weight is 519 g/mol. The van der Waals surface area contributed by atoms with Crippen molar-refractivity contribution in [3.8, 4) is 16.3 Å². The molecule has 0 amide bonds. The van der Waals surface area contributed by atoms with Crippen molar-refractivity contribution in [2.75, 3.05) is 13.2 Å². The van der Waals surface area contributed by atoms with Crippen LogP contribution < -0.4 is 10.1 Å². The zero-order valence-corrected chi connectivity index (χ0v) is 21.9. The van der Waals surface area contributed by atoms with E-state index in [4.69, 9.17) is 14.5 Å². The van der Waals surface area contributed by atoms with Crippen LogP contribution in [0.1, 0.15) is 28.6 Å². The molecular formula is C30H31FN2O3S. The number of aromatic nitrogens is 1. The van der Waals surface area contributed by atoms with Crippen molar-refractivity contribution >= 4 is 17.3 Å². The lowest BCUT2D eigenvalue weighted by atomic mass is 10.1. The van der Waals surface area contributed by atoms with Gasteiger partial charge in [-0.3, -0.25) is 4.79 Å². The Hall–Kier alpha value is -3.55. The van der Waals surface area contributed by atoms with Crippen LogP contribution >= 0.6 is 11.3 Å². The Kier molecular flexibility index (Phi) is 9.40. The lowest BCUT2D eigenvalue weighted by molar-refractivity contribution is -0.145. The van der Waals surface area contributed by atoms with Gasteiger partial charge in [0, 0.05) is 23.4 Å². The number of nitrogens with one attached hydrogen (secondary N) is 1. The summed E-state index contributed by atoms with van der Waals surface area (Å²) in [5.74, 6) is 0.178. The summed E-state index contributed by atoms with van der Waals surface area (Å²) in [5.41, 5.74) is 4.07. The number of aryl methyl sites for hydroxylation is 1. The highest BCUT2D eigenvalue weighted by Gasteiger charge is 2.20. The molecule has 1 heterocycles. The summed E-state index contributed by atoms with van der Waals surface area (Å²) in [7, 11) is 0. The van der Waals surface area contributed by atoms with Crippen LogP contribution in [-0.4, -0.2) is 30.2 Å².